The number of carbonyl (C=O) groups is 1. The molecule has 0 aromatic carbocycles. The van der Waals surface area contributed by atoms with Crippen LogP contribution in [0.4, 0.5) is 30.8 Å². The van der Waals surface area contributed by atoms with Crippen LogP contribution in [0, 0.1) is 5.92 Å². The Balaban J connectivity index is 1.16. The standard InChI is InChI=1S/C26H24ClF3N10O3/c1-37(24(41)13-3-4-13)20-11-39-15(8-31-20)16(10-33-39)43-17-9-32-23-22(21(17)27)38(2)25(35-23)34-19-7-18(26(28,29)30)40(36-19)14-5-6-42-12-14/h7-11,13-14H,3-6,12H2,1-2H3,(H,32,34,35,36)/t14-/m1/s1. The molecular formula is C26H24ClF3N10O3. The maximum absolute atomic E-state index is 13.8. The van der Waals surface area contributed by atoms with E-state index in [4.69, 9.17) is 21.1 Å². The molecule has 0 radical (unpaired) electrons. The molecule has 0 unspecified atom stereocenters. The second-order valence-corrected chi connectivity index (χ2v) is 10.8. The van der Waals surface area contributed by atoms with Crippen LogP contribution in [0.2, 0.25) is 5.02 Å². The van der Waals surface area contributed by atoms with Gasteiger partial charge in [0.1, 0.15) is 21.7 Å². The summed E-state index contributed by atoms with van der Waals surface area (Å²) < 4.78 is 56.6. The molecule has 5 aromatic rings. The van der Waals surface area contributed by atoms with Crippen LogP contribution in [0.1, 0.15) is 31.0 Å². The van der Waals surface area contributed by atoms with Gasteiger partial charge in [0, 0.05) is 32.7 Å². The zero-order valence-corrected chi connectivity index (χ0v) is 23.6. The molecular weight excluding hydrogens is 593 g/mol. The molecule has 0 bridgehead atoms. The molecule has 6 heterocycles. The monoisotopic (exact) mass is 616 g/mol. The van der Waals surface area contributed by atoms with Crippen LogP contribution >= 0.6 is 11.6 Å². The van der Waals surface area contributed by atoms with E-state index in [0.717, 1.165) is 23.6 Å². The number of amides is 1. The van der Waals surface area contributed by atoms with E-state index in [9.17, 15) is 18.0 Å². The van der Waals surface area contributed by atoms with E-state index in [2.05, 4.69) is 30.5 Å². The largest absolute Gasteiger partial charge is 0.450 e. The van der Waals surface area contributed by atoms with Crippen LogP contribution in [0.15, 0.2) is 30.9 Å². The maximum Gasteiger partial charge on any atom is 0.433 e. The molecule has 2 fully saturated rings. The van der Waals surface area contributed by atoms with Crippen molar-refractivity contribution in [2.24, 2.45) is 13.0 Å². The first-order valence-corrected chi connectivity index (χ1v) is 13.8. The zero-order valence-electron chi connectivity index (χ0n) is 22.8. The van der Waals surface area contributed by atoms with Crippen molar-refractivity contribution < 1.29 is 27.4 Å². The summed E-state index contributed by atoms with van der Waals surface area (Å²) in [6.45, 7) is 0.523. The van der Waals surface area contributed by atoms with E-state index < -0.39 is 17.9 Å². The topological polar surface area (TPSA) is 130 Å². The minimum Gasteiger partial charge on any atom is -0.450 e. The molecule has 5 aromatic heterocycles. The highest BCUT2D eigenvalue weighted by atomic mass is 35.5. The Morgan fingerprint density at radius 2 is 2.00 bits per heavy atom. The van der Waals surface area contributed by atoms with Gasteiger partial charge in [-0.1, -0.05) is 11.6 Å². The van der Waals surface area contributed by atoms with E-state index in [0.29, 0.717) is 35.6 Å². The Morgan fingerprint density at radius 3 is 2.72 bits per heavy atom. The second-order valence-electron chi connectivity index (χ2n) is 10.5. The third-order valence-corrected chi connectivity index (χ3v) is 7.86. The summed E-state index contributed by atoms with van der Waals surface area (Å²) in [5.74, 6) is 1.22. The minimum absolute atomic E-state index is 0.0178. The molecule has 1 N–H and O–H groups in total. The summed E-state index contributed by atoms with van der Waals surface area (Å²) in [6.07, 6.45) is 3.67. The van der Waals surface area contributed by atoms with Gasteiger partial charge in [-0.05, 0) is 19.3 Å². The number of hydrogen-bond donors (Lipinski definition) is 1. The molecule has 2 aliphatic rings. The molecule has 1 saturated carbocycles. The minimum atomic E-state index is -4.60. The van der Waals surface area contributed by atoms with Crippen molar-refractivity contribution in [2.75, 3.05) is 30.5 Å². The number of halogens is 4. The molecule has 1 amide bonds. The number of ether oxygens (including phenoxy) is 2. The first-order valence-electron chi connectivity index (χ1n) is 13.4. The average Bonchev–Trinajstić information content (AvgIpc) is 3.31. The van der Waals surface area contributed by atoms with Crippen molar-refractivity contribution in [3.05, 3.63) is 41.6 Å². The lowest BCUT2D eigenvalue weighted by molar-refractivity contribution is -0.145. The zero-order chi connectivity index (χ0) is 30.0. The summed E-state index contributed by atoms with van der Waals surface area (Å²) in [4.78, 5) is 27.1. The molecule has 1 atom stereocenters. The Kier molecular flexibility index (Phi) is 6.42. The van der Waals surface area contributed by atoms with E-state index in [1.165, 1.54) is 17.3 Å². The van der Waals surface area contributed by atoms with Gasteiger partial charge in [0.15, 0.2) is 28.8 Å². The summed E-state index contributed by atoms with van der Waals surface area (Å²) >= 11 is 6.72. The molecule has 1 saturated heterocycles. The fourth-order valence-electron chi connectivity index (χ4n) is 5.01. The predicted octanol–water partition coefficient (Wildman–Crippen LogP) is 4.75. The number of aryl methyl sites for hydroxylation is 1. The number of rotatable bonds is 7. The van der Waals surface area contributed by atoms with Gasteiger partial charge in [0.2, 0.25) is 11.9 Å². The van der Waals surface area contributed by atoms with Crippen LogP contribution in [0.25, 0.3) is 16.7 Å². The summed E-state index contributed by atoms with van der Waals surface area (Å²) in [5, 5.41) is 11.5. The fourth-order valence-corrected chi connectivity index (χ4v) is 5.31. The maximum atomic E-state index is 13.8. The average molecular weight is 617 g/mol. The predicted molar refractivity (Wildman–Crippen MR) is 148 cm³/mol. The number of hydrogen-bond acceptors (Lipinski definition) is 9. The second kappa shape index (κ2) is 10.1. The van der Waals surface area contributed by atoms with Crippen molar-refractivity contribution in [1.82, 2.24) is 38.9 Å². The molecule has 43 heavy (non-hydrogen) atoms. The Bertz CT molecular complexity index is 1870. The number of carbonyl (C=O) groups excluding carboxylic acids is 1. The first kappa shape index (κ1) is 27.4. The molecule has 1 aliphatic heterocycles. The van der Waals surface area contributed by atoms with E-state index in [-0.39, 0.29) is 46.6 Å². The lowest BCUT2D eigenvalue weighted by Crippen LogP contribution is -2.28. The van der Waals surface area contributed by atoms with Gasteiger partial charge in [-0.2, -0.15) is 28.4 Å². The molecule has 224 valence electrons. The Hall–Kier alpha value is -4.44. The summed E-state index contributed by atoms with van der Waals surface area (Å²) in [5.41, 5.74) is 0.283. The van der Waals surface area contributed by atoms with Crippen LogP contribution in [-0.4, -0.2) is 65.1 Å². The number of pyridine rings is 1. The highest BCUT2D eigenvalue weighted by molar-refractivity contribution is 6.36. The number of fused-ring (bicyclic) bond motifs is 2. The van der Waals surface area contributed by atoms with Gasteiger partial charge in [0.25, 0.3) is 0 Å². The van der Waals surface area contributed by atoms with Crippen LogP contribution in [0.5, 0.6) is 11.5 Å². The normalized spacial score (nSPS) is 17.2. The van der Waals surface area contributed by atoms with E-state index in [1.54, 1.807) is 35.6 Å². The van der Waals surface area contributed by atoms with Gasteiger partial charge in [-0.3, -0.25) is 14.4 Å². The third kappa shape index (κ3) is 4.89. The molecule has 13 nitrogen and oxygen atoms in total. The Labute approximate surface area is 246 Å². The Morgan fingerprint density at radius 1 is 1.19 bits per heavy atom. The number of alkyl halides is 3. The summed E-state index contributed by atoms with van der Waals surface area (Å²) in [7, 11) is 3.32. The molecule has 1 aliphatic carbocycles. The summed E-state index contributed by atoms with van der Waals surface area (Å²) in [6, 6.07) is 0.419. The lowest BCUT2D eigenvalue weighted by atomic mass is 10.2. The number of aromatic nitrogens is 8. The van der Waals surface area contributed by atoms with Crippen molar-refractivity contribution in [3.63, 3.8) is 0 Å². The van der Waals surface area contributed by atoms with E-state index >= 15 is 0 Å². The number of imidazole rings is 1. The molecule has 17 heteroatoms. The lowest BCUT2D eigenvalue weighted by Gasteiger charge is -2.15. The van der Waals surface area contributed by atoms with Gasteiger partial charge in [-0.25, -0.2) is 14.5 Å². The smallest absolute Gasteiger partial charge is 0.433 e. The fraction of sp³-hybridized carbons (Fsp3) is 0.385. The van der Waals surface area contributed by atoms with E-state index in [1.807, 2.05) is 0 Å². The van der Waals surface area contributed by atoms with Crippen molar-refractivity contribution in [3.8, 4) is 11.5 Å². The number of anilines is 3. The van der Waals surface area contributed by atoms with Crippen molar-refractivity contribution >= 4 is 51.8 Å². The number of nitrogens with zero attached hydrogens (tertiary/aromatic N) is 9. The number of nitrogens with one attached hydrogen (secondary N) is 1. The van der Waals surface area contributed by atoms with Gasteiger partial charge >= 0.3 is 6.18 Å². The first-order chi connectivity index (χ1) is 20.6. The van der Waals surface area contributed by atoms with Crippen LogP contribution < -0.4 is 15.0 Å². The molecule has 7 rings (SSSR count). The van der Waals surface area contributed by atoms with Crippen LogP contribution in [0.3, 0.4) is 0 Å². The quantitative estimate of drug-likeness (QED) is 0.275. The molecule has 0 spiro atoms. The van der Waals surface area contributed by atoms with Gasteiger partial charge in [-0.15, -0.1) is 0 Å². The highest BCUT2D eigenvalue weighted by Gasteiger charge is 2.39. The van der Waals surface area contributed by atoms with Gasteiger partial charge < -0.3 is 19.4 Å². The SMILES string of the molecule is CN(C(=O)C1CC1)c1cn2ncc(Oc3cnc4nc(Nc5cc(C(F)(F)F)n([C@@H]6CCOC6)n5)n(C)c4c3Cl)c2cn1. The van der Waals surface area contributed by atoms with Crippen LogP contribution in [-0.2, 0) is 22.8 Å². The van der Waals surface area contributed by atoms with Gasteiger partial charge in [0.05, 0.1) is 37.4 Å². The van der Waals surface area contributed by atoms with Crippen molar-refractivity contribution in [2.45, 2.75) is 31.5 Å². The third-order valence-electron chi connectivity index (χ3n) is 7.50. The highest BCUT2D eigenvalue weighted by Crippen LogP contribution is 2.38. The van der Waals surface area contributed by atoms with Crippen molar-refractivity contribution in [1.29, 1.82) is 0 Å².